The largest absolute Gasteiger partial charge is 0.494 e. The third kappa shape index (κ3) is 6.41. The molecule has 194 valence electrons. The summed E-state index contributed by atoms with van der Waals surface area (Å²) in [7, 11) is 2.11. The second kappa shape index (κ2) is 11.2. The smallest absolute Gasteiger partial charge is 0.416 e. The minimum atomic E-state index is -4.45. The molecule has 0 fully saturated rings. The molecule has 7 heteroatoms. The zero-order valence-electron chi connectivity index (χ0n) is 21.3. The Morgan fingerprint density at radius 3 is 2.43 bits per heavy atom. The molecule has 0 unspecified atom stereocenters. The molecule has 1 aliphatic heterocycles. The summed E-state index contributed by atoms with van der Waals surface area (Å²) in [4.78, 5) is 17.4. The first-order valence-corrected chi connectivity index (χ1v) is 12.4. The average molecular weight is 509 g/mol. The van der Waals surface area contributed by atoms with Gasteiger partial charge < -0.3 is 9.64 Å². The first-order valence-electron chi connectivity index (χ1n) is 12.4. The molecule has 0 aromatic heterocycles. The van der Waals surface area contributed by atoms with Gasteiger partial charge in [0.2, 0.25) is 0 Å². The van der Waals surface area contributed by atoms with Crippen molar-refractivity contribution in [2.24, 2.45) is 5.92 Å². The van der Waals surface area contributed by atoms with Crippen LogP contribution in [0.2, 0.25) is 0 Å². The van der Waals surface area contributed by atoms with E-state index in [4.69, 9.17) is 4.74 Å². The van der Waals surface area contributed by atoms with Crippen molar-refractivity contribution in [2.45, 2.75) is 26.4 Å². The summed E-state index contributed by atoms with van der Waals surface area (Å²) in [6, 6.07) is 19.6. The van der Waals surface area contributed by atoms with Gasteiger partial charge >= 0.3 is 6.18 Å². The van der Waals surface area contributed by atoms with Gasteiger partial charge in [0.25, 0.3) is 5.91 Å². The molecule has 1 aliphatic rings. The molecule has 0 radical (unpaired) electrons. The lowest BCUT2D eigenvalue weighted by Crippen LogP contribution is -2.25. The van der Waals surface area contributed by atoms with E-state index in [-0.39, 0.29) is 5.91 Å². The first kappa shape index (κ1) is 26.5. The normalized spacial score (nSPS) is 14.6. The molecular formula is C30H31F3N2O2. The van der Waals surface area contributed by atoms with Crippen LogP contribution in [-0.2, 0) is 11.0 Å². The van der Waals surface area contributed by atoms with Crippen LogP contribution in [0.5, 0.6) is 5.75 Å². The van der Waals surface area contributed by atoms with Crippen LogP contribution < -0.4 is 9.64 Å². The number of anilines is 2. The van der Waals surface area contributed by atoms with Crippen molar-refractivity contribution in [3.8, 4) is 5.75 Å². The number of ether oxygens (including phenoxy) is 1. The van der Waals surface area contributed by atoms with Gasteiger partial charge in [0.1, 0.15) is 5.75 Å². The van der Waals surface area contributed by atoms with E-state index in [2.05, 4.69) is 25.8 Å². The quantitative estimate of drug-likeness (QED) is 0.225. The molecule has 0 atom stereocenters. The summed E-state index contributed by atoms with van der Waals surface area (Å²) in [5, 5.41) is 0. The molecule has 3 aromatic carbocycles. The maximum atomic E-state index is 13.5. The summed E-state index contributed by atoms with van der Waals surface area (Å²) < 4.78 is 45.4. The third-order valence-corrected chi connectivity index (χ3v) is 6.12. The number of carbonyl (C=O) groups excluding carboxylic acids is 1. The molecular weight excluding hydrogens is 477 g/mol. The summed E-state index contributed by atoms with van der Waals surface area (Å²) in [5.74, 6) is 1.05. The molecule has 37 heavy (non-hydrogen) atoms. The van der Waals surface area contributed by atoms with E-state index in [0.29, 0.717) is 40.6 Å². The van der Waals surface area contributed by atoms with Gasteiger partial charge in [-0.1, -0.05) is 44.2 Å². The van der Waals surface area contributed by atoms with Crippen LogP contribution in [0.15, 0.2) is 72.8 Å². The van der Waals surface area contributed by atoms with Crippen LogP contribution in [0.25, 0.3) is 11.6 Å². The van der Waals surface area contributed by atoms with Crippen molar-refractivity contribution >= 4 is 28.9 Å². The zero-order chi connectivity index (χ0) is 26.6. The highest BCUT2D eigenvalue weighted by Gasteiger charge is 2.34. The van der Waals surface area contributed by atoms with Crippen molar-refractivity contribution in [3.63, 3.8) is 0 Å². The molecule has 0 saturated carbocycles. The van der Waals surface area contributed by atoms with Gasteiger partial charge in [-0.25, -0.2) is 0 Å². The molecule has 4 nitrogen and oxygen atoms in total. The topological polar surface area (TPSA) is 32.8 Å². The number of alkyl halides is 3. The number of fused-ring (bicyclic) bond motifs is 1. The lowest BCUT2D eigenvalue weighted by Gasteiger charge is -2.19. The van der Waals surface area contributed by atoms with Crippen molar-refractivity contribution < 1.29 is 22.7 Å². The number of amides is 1. The Bertz CT molecular complexity index is 1270. The number of carbonyl (C=O) groups is 1. The van der Waals surface area contributed by atoms with E-state index in [1.54, 1.807) is 17.0 Å². The van der Waals surface area contributed by atoms with Crippen LogP contribution in [0.1, 0.15) is 37.0 Å². The lowest BCUT2D eigenvalue weighted by atomic mass is 10.0. The first-order chi connectivity index (χ1) is 17.6. The third-order valence-electron chi connectivity index (χ3n) is 6.12. The van der Waals surface area contributed by atoms with Crippen LogP contribution in [-0.4, -0.2) is 37.6 Å². The molecule has 0 aliphatic carbocycles. The Kier molecular flexibility index (Phi) is 8.03. The summed E-state index contributed by atoms with van der Waals surface area (Å²) in [5.41, 5.74) is 1.94. The van der Waals surface area contributed by atoms with Crippen LogP contribution in [0.3, 0.4) is 0 Å². The summed E-state index contributed by atoms with van der Waals surface area (Å²) >= 11 is 0. The van der Waals surface area contributed by atoms with Crippen molar-refractivity contribution in [1.82, 2.24) is 4.90 Å². The van der Waals surface area contributed by atoms with Gasteiger partial charge in [0.05, 0.1) is 23.4 Å². The number of hydrogen-bond acceptors (Lipinski definition) is 3. The molecule has 0 saturated heterocycles. The molecule has 0 spiro atoms. The second-order valence-corrected chi connectivity index (χ2v) is 9.69. The predicted octanol–water partition coefficient (Wildman–Crippen LogP) is 7.28. The zero-order valence-corrected chi connectivity index (χ0v) is 21.3. The number of halogens is 3. The van der Waals surface area contributed by atoms with Crippen molar-refractivity contribution in [3.05, 3.63) is 89.5 Å². The molecule has 4 rings (SSSR count). The average Bonchev–Trinajstić information content (AvgIpc) is 3.13. The van der Waals surface area contributed by atoms with E-state index >= 15 is 0 Å². The Labute approximate surface area is 216 Å². The van der Waals surface area contributed by atoms with E-state index in [9.17, 15) is 18.0 Å². The fraction of sp³-hybridized carbons (Fsp3) is 0.300. The van der Waals surface area contributed by atoms with E-state index in [1.165, 1.54) is 12.1 Å². The molecule has 0 N–H and O–H groups in total. The Morgan fingerprint density at radius 1 is 1.00 bits per heavy atom. The second-order valence-electron chi connectivity index (χ2n) is 9.69. The minimum Gasteiger partial charge on any atom is -0.494 e. The fourth-order valence-corrected chi connectivity index (χ4v) is 4.54. The van der Waals surface area contributed by atoms with Crippen molar-refractivity contribution in [1.29, 1.82) is 0 Å². The van der Waals surface area contributed by atoms with E-state index < -0.39 is 11.7 Å². The number of para-hydroxylation sites is 1. The highest BCUT2D eigenvalue weighted by Crippen LogP contribution is 2.42. The van der Waals surface area contributed by atoms with Crippen LogP contribution in [0.4, 0.5) is 24.5 Å². The number of benzene rings is 3. The SMILES string of the molecule is CC(C)CN(C)CCCOc1ccc(N2C(=O)/C(=C\c3cccc(C(F)(F)F)c3)c3ccccc32)cc1. The van der Waals surface area contributed by atoms with Gasteiger partial charge in [0.15, 0.2) is 0 Å². The van der Waals surface area contributed by atoms with Gasteiger partial charge in [0, 0.05) is 24.3 Å². The van der Waals surface area contributed by atoms with Crippen LogP contribution in [0, 0.1) is 5.92 Å². The maximum absolute atomic E-state index is 13.5. The van der Waals surface area contributed by atoms with Gasteiger partial charge in [-0.05, 0) is 73.5 Å². The fourth-order valence-electron chi connectivity index (χ4n) is 4.54. The van der Waals surface area contributed by atoms with Gasteiger partial charge in [-0.2, -0.15) is 13.2 Å². The minimum absolute atomic E-state index is 0.291. The van der Waals surface area contributed by atoms with Gasteiger partial charge in [-0.15, -0.1) is 0 Å². The highest BCUT2D eigenvalue weighted by atomic mass is 19.4. The maximum Gasteiger partial charge on any atom is 0.416 e. The molecule has 3 aromatic rings. The Hall–Kier alpha value is -3.58. The standard InChI is InChI=1S/C30H31F3N2O2/c1-21(2)20-34(3)16-7-17-37-25-14-12-24(13-15-25)35-28-11-5-4-10-26(28)27(29(35)36)19-22-8-6-9-23(18-22)30(31,32)33/h4-6,8-15,18-19,21H,7,16-17,20H2,1-3H3/b27-19-. The van der Waals surface area contributed by atoms with E-state index in [1.807, 2.05) is 42.5 Å². The Balaban J connectivity index is 1.50. The monoisotopic (exact) mass is 508 g/mol. The van der Waals surface area contributed by atoms with Crippen molar-refractivity contribution in [2.75, 3.05) is 31.6 Å². The number of hydrogen-bond donors (Lipinski definition) is 0. The Morgan fingerprint density at radius 2 is 1.73 bits per heavy atom. The number of nitrogens with zero attached hydrogens (tertiary/aromatic N) is 2. The molecule has 1 amide bonds. The highest BCUT2D eigenvalue weighted by molar-refractivity contribution is 6.37. The molecule has 1 heterocycles. The summed E-state index contributed by atoms with van der Waals surface area (Å²) in [6.07, 6.45) is -2.02. The predicted molar refractivity (Wildman–Crippen MR) is 142 cm³/mol. The van der Waals surface area contributed by atoms with Gasteiger partial charge in [-0.3, -0.25) is 9.69 Å². The summed E-state index contributed by atoms with van der Waals surface area (Å²) in [6.45, 7) is 6.99. The number of rotatable bonds is 9. The van der Waals surface area contributed by atoms with Crippen LogP contribution >= 0.6 is 0 Å². The lowest BCUT2D eigenvalue weighted by molar-refractivity contribution is -0.137. The van der Waals surface area contributed by atoms with E-state index in [0.717, 1.165) is 37.4 Å². The molecule has 0 bridgehead atoms.